The maximum Gasteiger partial charge on any atom is 0.306 e. The molecular formula is C60H106O6. The average Bonchev–Trinajstić information content (AvgIpc) is 3.31. The zero-order valence-corrected chi connectivity index (χ0v) is 43.7. The van der Waals surface area contributed by atoms with Crippen LogP contribution in [-0.2, 0) is 28.6 Å². The van der Waals surface area contributed by atoms with Crippen molar-refractivity contribution in [2.75, 3.05) is 13.2 Å². The zero-order chi connectivity index (χ0) is 47.9. The van der Waals surface area contributed by atoms with Gasteiger partial charge in [-0.3, -0.25) is 14.4 Å². The summed E-state index contributed by atoms with van der Waals surface area (Å²) in [5.41, 5.74) is 0. The van der Waals surface area contributed by atoms with Gasteiger partial charge in [0.15, 0.2) is 6.10 Å². The SMILES string of the molecule is CC/C=C/C=C/C=C/C=C/CCCCCC(=O)OCC(COC(=O)CCCCCCCCCCCCCCCCCCCC)OC(=O)CCCCCCCCC/C=C/CCCCCCCC. The Kier molecular flexibility index (Phi) is 52.3. The molecule has 0 aliphatic rings. The maximum absolute atomic E-state index is 12.8. The first-order valence-electron chi connectivity index (χ1n) is 28.3. The molecule has 0 spiro atoms. The van der Waals surface area contributed by atoms with E-state index >= 15 is 0 Å². The fourth-order valence-corrected chi connectivity index (χ4v) is 8.10. The second kappa shape index (κ2) is 54.7. The van der Waals surface area contributed by atoms with Gasteiger partial charge in [-0.05, 0) is 64.2 Å². The fourth-order valence-electron chi connectivity index (χ4n) is 8.10. The lowest BCUT2D eigenvalue weighted by atomic mass is 10.0. The second-order valence-corrected chi connectivity index (χ2v) is 18.9. The lowest BCUT2D eigenvalue weighted by Crippen LogP contribution is -2.30. The standard InChI is InChI=1S/C60H106O6/c1-4-7-10-13-16-19-22-25-27-29-31-32-35-38-41-44-47-50-53-59(62)65-56-57(55-64-58(61)52-49-46-43-40-37-34-24-21-18-15-12-9-6-3)66-60(63)54-51-48-45-42-39-36-33-30-28-26-23-20-17-14-11-8-5-2/h9,12,15,18,21,24,26,28,34,37,57H,4-8,10-11,13-14,16-17,19-20,22-23,25,27,29-33,35-36,38-56H2,1-3H3/b12-9+,18-15+,24-21+,28-26+,37-34+. The summed E-state index contributed by atoms with van der Waals surface area (Å²) in [6, 6.07) is 0. The van der Waals surface area contributed by atoms with Crippen molar-refractivity contribution in [1.29, 1.82) is 0 Å². The van der Waals surface area contributed by atoms with Gasteiger partial charge >= 0.3 is 17.9 Å². The first-order valence-corrected chi connectivity index (χ1v) is 28.3. The first-order chi connectivity index (χ1) is 32.5. The molecule has 1 unspecified atom stereocenters. The maximum atomic E-state index is 12.8. The number of esters is 3. The molecule has 0 bridgehead atoms. The molecular weight excluding hydrogens is 817 g/mol. The first kappa shape index (κ1) is 63.1. The summed E-state index contributed by atoms with van der Waals surface area (Å²) in [7, 11) is 0. The molecule has 0 aromatic heterocycles. The number of ether oxygens (including phenoxy) is 3. The molecule has 6 nitrogen and oxygen atoms in total. The van der Waals surface area contributed by atoms with Crippen LogP contribution in [0.2, 0.25) is 0 Å². The number of hydrogen-bond donors (Lipinski definition) is 0. The van der Waals surface area contributed by atoms with Crippen molar-refractivity contribution in [2.45, 2.75) is 290 Å². The van der Waals surface area contributed by atoms with Gasteiger partial charge in [0.2, 0.25) is 0 Å². The van der Waals surface area contributed by atoms with Gasteiger partial charge in [0.1, 0.15) is 13.2 Å². The molecule has 0 fully saturated rings. The Labute approximate surface area is 409 Å². The van der Waals surface area contributed by atoms with E-state index in [1.54, 1.807) is 0 Å². The van der Waals surface area contributed by atoms with E-state index < -0.39 is 6.10 Å². The Morgan fingerprint density at radius 1 is 0.318 bits per heavy atom. The molecule has 0 heterocycles. The lowest BCUT2D eigenvalue weighted by Gasteiger charge is -2.18. The smallest absolute Gasteiger partial charge is 0.306 e. The number of hydrogen-bond acceptors (Lipinski definition) is 6. The summed E-state index contributed by atoms with van der Waals surface area (Å²) in [6.07, 6.45) is 67.9. The monoisotopic (exact) mass is 923 g/mol. The quantitative estimate of drug-likeness (QED) is 0.0199. The predicted octanol–water partition coefficient (Wildman–Crippen LogP) is 18.8. The third-order valence-electron chi connectivity index (χ3n) is 12.4. The van der Waals surface area contributed by atoms with E-state index in [1.165, 1.54) is 173 Å². The predicted molar refractivity (Wildman–Crippen MR) is 284 cm³/mol. The van der Waals surface area contributed by atoms with Crippen LogP contribution in [-0.4, -0.2) is 37.2 Å². The summed E-state index contributed by atoms with van der Waals surface area (Å²) in [5.74, 6) is -0.920. The van der Waals surface area contributed by atoms with E-state index in [9.17, 15) is 14.4 Å². The van der Waals surface area contributed by atoms with E-state index in [2.05, 4.69) is 51.2 Å². The molecule has 382 valence electrons. The van der Waals surface area contributed by atoms with Crippen molar-refractivity contribution in [3.8, 4) is 0 Å². The molecule has 0 N–H and O–H groups in total. The van der Waals surface area contributed by atoms with Crippen LogP contribution in [0.1, 0.15) is 284 Å². The summed E-state index contributed by atoms with van der Waals surface area (Å²) >= 11 is 0. The van der Waals surface area contributed by atoms with Crippen LogP contribution >= 0.6 is 0 Å². The molecule has 66 heavy (non-hydrogen) atoms. The largest absolute Gasteiger partial charge is 0.462 e. The van der Waals surface area contributed by atoms with E-state index in [1.807, 2.05) is 30.4 Å². The lowest BCUT2D eigenvalue weighted by molar-refractivity contribution is -0.167. The number of carbonyl (C=O) groups excluding carboxylic acids is 3. The van der Waals surface area contributed by atoms with Crippen LogP contribution < -0.4 is 0 Å². The van der Waals surface area contributed by atoms with Crippen molar-refractivity contribution in [3.63, 3.8) is 0 Å². The van der Waals surface area contributed by atoms with Crippen LogP contribution in [0.25, 0.3) is 0 Å². The molecule has 0 aliphatic heterocycles. The highest BCUT2D eigenvalue weighted by atomic mass is 16.6. The Bertz CT molecular complexity index is 1200. The number of unbranched alkanes of at least 4 members (excludes halogenated alkanes) is 33. The Hall–Kier alpha value is -2.89. The molecule has 1 atom stereocenters. The highest BCUT2D eigenvalue weighted by Gasteiger charge is 2.19. The number of allylic oxidation sites excluding steroid dienone is 10. The molecule has 0 amide bonds. The molecule has 0 rings (SSSR count). The normalized spacial score (nSPS) is 12.5. The van der Waals surface area contributed by atoms with Crippen molar-refractivity contribution in [3.05, 3.63) is 60.8 Å². The average molecular weight is 924 g/mol. The molecule has 0 aromatic carbocycles. The number of carbonyl (C=O) groups is 3. The van der Waals surface area contributed by atoms with E-state index in [0.29, 0.717) is 19.3 Å². The Morgan fingerprint density at radius 2 is 0.606 bits per heavy atom. The number of rotatable bonds is 51. The topological polar surface area (TPSA) is 78.9 Å². The van der Waals surface area contributed by atoms with Crippen LogP contribution in [0.15, 0.2) is 60.8 Å². The molecule has 0 radical (unpaired) electrons. The Balaban J connectivity index is 4.38. The highest BCUT2D eigenvalue weighted by Crippen LogP contribution is 2.16. The minimum atomic E-state index is -0.790. The fraction of sp³-hybridized carbons (Fsp3) is 0.783. The van der Waals surface area contributed by atoms with E-state index in [4.69, 9.17) is 14.2 Å². The summed E-state index contributed by atoms with van der Waals surface area (Å²) in [4.78, 5) is 38.1. The second-order valence-electron chi connectivity index (χ2n) is 18.9. The molecule has 0 aromatic rings. The summed E-state index contributed by atoms with van der Waals surface area (Å²) in [6.45, 7) is 6.49. The highest BCUT2D eigenvalue weighted by molar-refractivity contribution is 5.71. The van der Waals surface area contributed by atoms with Gasteiger partial charge in [0.25, 0.3) is 0 Å². The van der Waals surface area contributed by atoms with E-state index in [-0.39, 0.29) is 31.1 Å². The van der Waals surface area contributed by atoms with E-state index in [0.717, 1.165) is 70.6 Å². The van der Waals surface area contributed by atoms with Crippen LogP contribution in [0.3, 0.4) is 0 Å². The molecule has 0 saturated carbocycles. The van der Waals surface area contributed by atoms with Gasteiger partial charge in [-0.15, -0.1) is 0 Å². The zero-order valence-electron chi connectivity index (χ0n) is 43.7. The van der Waals surface area contributed by atoms with Crippen molar-refractivity contribution in [1.82, 2.24) is 0 Å². The minimum absolute atomic E-state index is 0.0862. The van der Waals surface area contributed by atoms with Gasteiger partial charge in [-0.25, -0.2) is 0 Å². The molecule has 0 aliphatic carbocycles. The minimum Gasteiger partial charge on any atom is -0.462 e. The van der Waals surface area contributed by atoms with Crippen LogP contribution in [0, 0.1) is 0 Å². The Morgan fingerprint density at radius 3 is 0.985 bits per heavy atom. The summed E-state index contributed by atoms with van der Waals surface area (Å²) in [5, 5.41) is 0. The molecule has 0 saturated heterocycles. The van der Waals surface area contributed by atoms with Gasteiger partial charge in [-0.1, -0.05) is 261 Å². The third-order valence-corrected chi connectivity index (χ3v) is 12.4. The van der Waals surface area contributed by atoms with Gasteiger partial charge in [0.05, 0.1) is 0 Å². The van der Waals surface area contributed by atoms with Gasteiger partial charge < -0.3 is 14.2 Å². The van der Waals surface area contributed by atoms with Crippen molar-refractivity contribution in [2.24, 2.45) is 0 Å². The summed E-state index contributed by atoms with van der Waals surface area (Å²) < 4.78 is 16.8. The molecule has 6 heteroatoms. The third kappa shape index (κ3) is 52.1. The van der Waals surface area contributed by atoms with Gasteiger partial charge in [0, 0.05) is 19.3 Å². The van der Waals surface area contributed by atoms with Crippen molar-refractivity contribution >= 4 is 17.9 Å². The van der Waals surface area contributed by atoms with Crippen molar-refractivity contribution < 1.29 is 28.6 Å². The van der Waals surface area contributed by atoms with Crippen LogP contribution in [0.5, 0.6) is 0 Å². The van der Waals surface area contributed by atoms with Gasteiger partial charge in [-0.2, -0.15) is 0 Å². The van der Waals surface area contributed by atoms with Crippen LogP contribution in [0.4, 0.5) is 0 Å².